The van der Waals surface area contributed by atoms with Crippen molar-refractivity contribution >= 4 is 11.3 Å². The largest absolute Gasteiger partial charge is 0.384 e. The molecular weight excluding hydrogens is 220 g/mol. The van der Waals surface area contributed by atoms with E-state index in [1.807, 2.05) is 5.38 Å². The molecule has 1 aliphatic rings. The van der Waals surface area contributed by atoms with Crippen LogP contribution in [0.1, 0.15) is 49.6 Å². The Kier molecular flexibility index (Phi) is 4.32. The fraction of sp³-hybridized carbons (Fsp3) is 0.750. The van der Waals surface area contributed by atoms with Crippen molar-refractivity contribution in [1.29, 1.82) is 0 Å². The number of thiazole rings is 1. The van der Waals surface area contributed by atoms with Crippen LogP contribution in [0, 0.1) is 5.92 Å². The molecule has 4 heteroatoms. The standard InChI is InChI=1S/C12H20N2OS/c13-10(8-9-4-2-1-3-5-9)11(15)12-14-6-7-16-12/h6-7,9-11,15H,1-5,8,13H2/t10?,11-/m1/s1. The van der Waals surface area contributed by atoms with Crippen LogP contribution >= 0.6 is 11.3 Å². The lowest BCUT2D eigenvalue weighted by atomic mass is 9.84. The third-order valence-electron chi connectivity index (χ3n) is 3.44. The van der Waals surface area contributed by atoms with Crippen LogP contribution in [0.4, 0.5) is 0 Å². The Morgan fingerprint density at radius 1 is 1.44 bits per heavy atom. The van der Waals surface area contributed by atoms with E-state index in [1.54, 1.807) is 6.20 Å². The van der Waals surface area contributed by atoms with Crippen LogP contribution in [0.3, 0.4) is 0 Å². The third-order valence-corrected chi connectivity index (χ3v) is 4.29. The van der Waals surface area contributed by atoms with Gasteiger partial charge in [0.25, 0.3) is 0 Å². The van der Waals surface area contributed by atoms with Crippen LogP contribution in [-0.2, 0) is 0 Å². The van der Waals surface area contributed by atoms with Gasteiger partial charge in [0.2, 0.25) is 0 Å². The molecule has 1 unspecified atom stereocenters. The van der Waals surface area contributed by atoms with Crippen molar-refractivity contribution in [3.63, 3.8) is 0 Å². The van der Waals surface area contributed by atoms with Gasteiger partial charge in [-0.05, 0) is 12.3 Å². The summed E-state index contributed by atoms with van der Waals surface area (Å²) in [5, 5.41) is 12.7. The van der Waals surface area contributed by atoms with Gasteiger partial charge in [0.15, 0.2) is 0 Å². The number of aliphatic hydroxyl groups excluding tert-OH is 1. The number of rotatable bonds is 4. The molecule has 2 rings (SSSR count). The predicted molar refractivity (Wildman–Crippen MR) is 66.2 cm³/mol. The molecule has 0 bridgehead atoms. The Morgan fingerprint density at radius 3 is 2.81 bits per heavy atom. The summed E-state index contributed by atoms with van der Waals surface area (Å²) >= 11 is 1.48. The van der Waals surface area contributed by atoms with Crippen molar-refractivity contribution in [2.75, 3.05) is 0 Å². The molecule has 90 valence electrons. The molecule has 1 saturated carbocycles. The second-order valence-electron chi connectivity index (χ2n) is 4.72. The fourth-order valence-corrected chi connectivity index (χ4v) is 3.20. The van der Waals surface area contributed by atoms with Crippen LogP contribution in [0.15, 0.2) is 11.6 Å². The average Bonchev–Trinajstić information content (AvgIpc) is 2.83. The van der Waals surface area contributed by atoms with E-state index in [4.69, 9.17) is 5.73 Å². The van der Waals surface area contributed by atoms with Gasteiger partial charge in [-0.15, -0.1) is 11.3 Å². The van der Waals surface area contributed by atoms with Gasteiger partial charge in [0.05, 0.1) is 0 Å². The van der Waals surface area contributed by atoms with Gasteiger partial charge in [0.1, 0.15) is 11.1 Å². The zero-order valence-electron chi connectivity index (χ0n) is 9.51. The Hall–Kier alpha value is -0.450. The highest BCUT2D eigenvalue weighted by atomic mass is 32.1. The lowest BCUT2D eigenvalue weighted by Crippen LogP contribution is -2.31. The minimum atomic E-state index is -0.582. The first kappa shape index (κ1) is 12.0. The molecule has 0 amide bonds. The number of hydrogen-bond acceptors (Lipinski definition) is 4. The maximum absolute atomic E-state index is 10.0. The van der Waals surface area contributed by atoms with Gasteiger partial charge in [-0.3, -0.25) is 0 Å². The van der Waals surface area contributed by atoms with E-state index in [1.165, 1.54) is 43.4 Å². The van der Waals surface area contributed by atoms with E-state index in [9.17, 15) is 5.11 Å². The Morgan fingerprint density at radius 2 is 2.19 bits per heavy atom. The van der Waals surface area contributed by atoms with Crippen molar-refractivity contribution in [2.45, 2.75) is 50.7 Å². The first-order valence-corrected chi connectivity index (χ1v) is 6.98. The molecule has 16 heavy (non-hydrogen) atoms. The zero-order valence-corrected chi connectivity index (χ0v) is 10.3. The molecule has 1 aromatic heterocycles. The maximum atomic E-state index is 10.0. The van der Waals surface area contributed by atoms with Crippen LogP contribution in [0.2, 0.25) is 0 Å². The molecule has 1 aliphatic carbocycles. The second-order valence-corrected chi connectivity index (χ2v) is 5.64. The van der Waals surface area contributed by atoms with Crippen molar-refractivity contribution in [2.24, 2.45) is 11.7 Å². The lowest BCUT2D eigenvalue weighted by Gasteiger charge is -2.26. The molecule has 1 heterocycles. The summed E-state index contributed by atoms with van der Waals surface area (Å²) in [5.41, 5.74) is 6.06. The summed E-state index contributed by atoms with van der Waals surface area (Å²) in [5.74, 6) is 0.707. The number of nitrogens with zero attached hydrogens (tertiary/aromatic N) is 1. The predicted octanol–water partition coefficient (Wildman–Crippen LogP) is 2.47. The Bertz CT molecular complexity index is 296. The molecule has 2 atom stereocenters. The van der Waals surface area contributed by atoms with Crippen molar-refractivity contribution in [1.82, 2.24) is 4.98 Å². The summed E-state index contributed by atoms with van der Waals surface area (Å²) in [6.07, 6.45) is 8.63. The second kappa shape index (κ2) is 5.75. The van der Waals surface area contributed by atoms with Crippen molar-refractivity contribution in [3.8, 4) is 0 Å². The molecular formula is C12H20N2OS. The lowest BCUT2D eigenvalue weighted by molar-refractivity contribution is 0.127. The van der Waals surface area contributed by atoms with E-state index in [2.05, 4.69) is 4.98 Å². The summed E-state index contributed by atoms with van der Waals surface area (Å²) in [6, 6.07) is -0.158. The number of aromatic nitrogens is 1. The average molecular weight is 240 g/mol. The zero-order chi connectivity index (χ0) is 11.4. The van der Waals surface area contributed by atoms with Crippen LogP contribution < -0.4 is 5.73 Å². The quantitative estimate of drug-likeness (QED) is 0.850. The van der Waals surface area contributed by atoms with E-state index in [0.29, 0.717) is 5.92 Å². The van der Waals surface area contributed by atoms with Gasteiger partial charge in [-0.25, -0.2) is 4.98 Å². The summed E-state index contributed by atoms with van der Waals surface area (Å²) in [6.45, 7) is 0. The molecule has 0 radical (unpaired) electrons. The topological polar surface area (TPSA) is 59.1 Å². The first-order valence-electron chi connectivity index (χ1n) is 6.10. The van der Waals surface area contributed by atoms with Gasteiger partial charge in [0, 0.05) is 17.6 Å². The molecule has 3 N–H and O–H groups in total. The van der Waals surface area contributed by atoms with Gasteiger partial charge >= 0.3 is 0 Å². The van der Waals surface area contributed by atoms with Gasteiger partial charge in [-0.2, -0.15) is 0 Å². The Labute approximate surface area is 101 Å². The highest BCUT2D eigenvalue weighted by molar-refractivity contribution is 7.09. The highest BCUT2D eigenvalue weighted by Crippen LogP contribution is 2.30. The number of hydrogen-bond donors (Lipinski definition) is 2. The molecule has 1 fully saturated rings. The smallest absolute Gasteiger partial charge is 0.123 e. The maximum Gasteiger partial charge on any atom is 0.123 e. The molecule has 0 aliphatic heterocycles. The van der Waals surface area contributed by atoms with Crippen molar-refractivity contribution < 1.29 is 5.11 Å². The normalized spacial score (nSPS) is 21.9. The van der Waals surface area contributed by atoms with Crippen molar-refractivity contribution in [3.05, 3.63) is 16.6 Å². The fourth-order valence-electron chi connectivity index (χ4n) is 2.50. The number of nitrogens with two attached hydrogens (primary N) is 1. The van der Waals surface area contributed by atoms with E-state index >= 15 is 0 Å². The molecule has 3 nitrogen and oxygen atoms in total. The highest BCUT2D eigenvalue weighted by Gasteiger charge is 2.23. The SMILES string of the molecule is NC(CC1CCCCC1)[C@@H](O)c1nccs1. The van der Waals surface area contributed by atoms with E-state index < -0.39 is 6.10 Å². The first-order chi connectivity index (χ1) is 7.77. The Balaban J connectivity index is 1.84. The van der Waals surface area contributed by atoms with E-state index in [0.717, 1.165) is 11.4 Å². The number of aliphatic hydroxyl groups is 1. The molecule has 1 aromatic rings. The van der Waals surface area contributed by atoms with Gasteiger partial charge < -0.3 is 10.8 Å². The van der Waals surface area contributed by atoms with Crippen LogP contribution in [0.25, 0.3) is 0 Å². The summed E-state index contributed by atoms with van der Waals surface area (Å²) in [7, 11) is 0. The van der Waals surface area contributed by atoms with Crippen LogP contribution in [0.5, 0.6) is 0 Å². The summed E-state index contributed by atoms with van der Waals surface area (Å²) in [4.78, 5) is 4.12. The minimum absolute atomic E-state index is 0.158. The molecule has 0 spiro atoms. The summed E-state index contributed by atoms with van der Waals surface area (Å²) < 4.78 is 0. The molecule has 0 aromatic carbocycles. The minimum Gasteiger partial charge on any atom is -0.384 e. The third kappa shape index (κ3) is 3.03. The van der Waals surface area contributed by atoms with E-state index in [-0.39, 0.29) is 6.04 Å². The van der Waals surface area contributed by atoms with Gasteiger partial charge in [-0.1, -0.05) is 32.1 Å². The molecule has 0 saturated heterocycles. The van der Waals surface area contributed by atoms with Crippen LogP contribution in [-0.4, -0.2) is 16.1 Å². The monoisotopic (exact) mass is 240 g/mol.